The van der Waals surface area contributed by atoms with E-state index >= 15 is 0 Å². The molecule has 0 radical (unpaired) electrons. The lowest BCUT2D eigenvalue weighted by molar-refractivity contribution is -0.138. The second-order valence-corrected chi connectivity index (χ2v) is 19.5. The first-order valence-electron chi connectivity index (χ1n) is 24.5. The molecule has 7 rings (SSSR count). The van der Waals surface area contributed by atoms with E-state index < -0.39 is 21.6 Å². The van der Waals surface area contributed by atoms with Crippen LogP contribution in [0.3, 0.4) is 0 Å². The van der Waals surface area contributed by atoms with Crippen molar-refractivity contribution in [2.45, 2.75) is 89.6 Å². The van der Waals surface area contributed by atoms with E-state index in [0.717, 1.165) is 101 Å². The molecule has 386 valence electrons. The van der Waals surface area contributed by atoms with Crippen LogP contribution < -0.4 is 0 Å². The molecular weight excluding hydrogens is 994 g/mol. The first kappa shape index (κ1) is 62.1. The van der Waals surface area contributed by atoms with Crippen molar-refractivity contribution < 1.29 is 26.0 Å². The van der Waals surface area contributed by atoms with E-state index in [4.69, 9.17) is 49.0 Å². The summed E-state index contributed by atoms with van der Waals surface area (Å²) in [5, 5.41) is 9.67. The summed E-state index contributed by atoms with van der Waals surface area (Å²) in [5.41, 5.74) is 9.07. The van der Waals surface area contributed by atoms with Gasteiger partial charge in [0, 0.05) is 50.2 Å². The lowest BCUT2D eigenvalue weighted by Gasteiger charge is -2.13. The number of rotatable bonds is 12. The summed E-state index contributed by atoms with van der Waals surface area (Å²) in [6.45, 7) is 6.17. The fourth-order valence-corrected chi connectivity index (χ4v) is 8.56. The third-order valence-corrected chi connectivity index (χ3v) is 13.0. The average molecular weight is 1050 g/mol. The van der Waals surface area contributed by atoms with E-state index in [2.05, 4.69) is 49.5 Å². The van der Waals surface area contributed by atoms with Crippen LogP contribution in [0.15, 0.2) is 157 Å². The van der Waals surface area contributed by atoms with Crippen molar-refractivity contribution in [3.05, 3.63) is 218 Å². The first-order chi connectivity index (χ1) is 36.4. The number of unbranched alkanes of at least 4 members (excludes halogenated alkanes) is 3. The lowest BCUT2D eigenvalue weighted by atomic mass is 9.99. The molecule has 0 N–H and O–H groups in total. The fourth-order valence-electron chi connectivity index (χ4n) is 7.33. The Kier molecular flexibility index (Phi) is 26.3. The van der Waals surface area contributed by atoms with Gasteiger partial charge in [-0.2, -0.15) is 18.4 Å². The van der Waals surface area contributed by atoms with Gasteiger partial charge in [-0.15, -0.1) is 32.1 Å². The number of hydrogen-bond acceptors (Lipinski definition) is 3. The van der Waals surface area contributed by atoms with E-state index in [9.17, 15) is 26.0 Å². The predicted octanol–water partition coefficient (Wildman–Crippen LogP) is 16.8. The number of hydrogen-bond donors (Lipinski definition) is 0. The maximum atomic E-state index is 13.6. The van der Waals surface area contributed by atoms with Gasteiger partial charge in [0.05, 0.1) is 22.1 Å². The van der Waals surface area contributed by atoms with Gasteiger partial charge in [0.25, 0.3) is 0 Å². The van der Waals surface area contributed by atoms with Crippen molar-refractivity contribution in [1.82, 2.24) is 0 Å². The molecule has 0 amide bonds. The molecule has 0 aliphatic rings. The molecule has 0 heterocycles. The van der Waals surface area contributed by atoms with Crippen LogP contribution in [0.1, 0.15) is 115 Å². The number of alkyl halides is 3. The zero-order valence-corrected chi connectivity index (χ0v) is 44.8. The van der Waals surface area contributed by atoms with Crippen molar-refractivity contribution in [2.75, 3.05) is 6.26 Å². The number of sulfone groups is 1. The third-order valence-electron chi connectivity index (χ3n) is 11.5. The molecule has 7 aromatic rings. The molecule has 0 spiro atoms. The van der Waals surface area contributed by atoms with Crippen molar-refractivity contribution in [3.63, 3.8) is 0 Å². The zero-order chi connectivity index (χ0) is 56.1. The van der Waals surface area contributed by atoms with E-state index in [-0.39, 0.29) is 11.4 Å². The van der Waals surface area contributed by atoms with Crippen LogP contribution in [0.4, 0.5) is 17.6 Å². The second-order valence-electron chi connectivity index (χ2n) is 17.1. The van der Waals surface area contributed by atoms with Crippen LogP contribution in [0.25, 0.3) is 22.3 Å². The topological polar surface area (TPSA) is 57.9 Å². The van der Waals surface area contributed by atoms with Crippen LogP contribution in [-0.2, 0) is 35.3 Å². The average Bonchev–Trinajstić information content (AvgIpc) is 3.43. The molecular formula is C67H60ClF4NO2S. The molecule has 76 heavy (non-hydrogen) atoms. The number of nitriles is 1. The van der Waals surface area contributed by atoms with Gasteiger partial charge in [0.2, 0.25) is 0 Å². The quantitative estimate of drug-likeness (QED) is 0.0905. The molecule has 3 nitrogen and oxygen atoms in total. The molecule has 0 fully saturated rings. The molecule has 7 aromatic carbocycles. The van der Waals surface area contributed by atoms with Crippen molar-refractivity contribution >= 4 is 21.4 Å². The number of terminal acetylenes is 5. The highest BCUT2D eigenvalue weighted by Crippen LogP contribution is 2.33. The molecule has 0 aliphatic carbocycles. The number of halogens is 5. The predicted molar refractivity (Wildman–Crippen MR) is 306 cm³/mol. The largest absolute Gasteiger partial charge is 0.416 e. The SMILES string of the molecule is C#Cc1ccc(-c2ccccc2)c(F)c1.C#Cc1ccc(-c2ccccc2Cl)cc1.C#Cc1ccc(CCCC)c(C#N)c1.C#Cc1ccc(CCCC)c(C(F)(F)F)c1.C#Cc1ccc(CCCC)c(S(C)(=O)=O)c1. The number of nitrogens with zero attached hydrogens (tertiary/aromatic N) is 1. The van der Waals surface area contributed by atoms with Crippen molar-refractivity contribution in [2.24, 2.45) is 0 Å². The van der Waals surface area contributed by atoms with Gasteiger partial charge in [-0.25, -0.2) is 12.8 Å². The molecule has 9 heteroatoms. The first-order valence-corrected chi connectivity index (χ1v) is 26.8. The Morgan fingerprint density at radius 3 is 1.45 bits per heavy atom. The summed E-state index contributed by atoms with van der Waals surface area (Å²) in [5.74, 6) is 11.9. The Hall–Kier alpha value is -8.21. The Morgan fingerprint density at radius 2 is 0.947 bits per heavy atom. The standard InChI is InChI=1S/C14H9Cl.C14H9F.C13H13F3.C13H13N.C13H16O2S/c1-2-11-7-9-12(10-8-11)13-5-3-4-6-14(13)15;1-2-11-8-9-13(14(15)10-11)12-6-4-3-5-7-12;1-3-5-6-11-8-7-10(4-2)9-12(11)13(14,15)16;1-3-5-6-12-8-7-11(4-2)9-13(12)10-14;1-4-6-7-12-9-8-11(5-2)10-13(12)16(3,14)15/h2*1,3-10H;2,7-9H,3,5-6H2,1H3;2,7-9H,3,5-6H2,1H3;2,8-10H,4,6-7H2,1,3H3. The lowest BCUT2D eigenvalue weighted by Crippen LogP contribution is -2.09. The summed E-state index contributed by atoms with van der Waals surface area (Å²) in [6, 6.07) is 46.9. The summed E-state index contributed by atoms with van der Waals surface area (Å²) in [7, 11) is -3.19. The van der Waals surface area contributed by atoms with Crippen LogP contribution in [-0.4, -0.2) is 14.7 Å². The van der Waals surface area contributed by atoms with Gasteiger partial charge in [0.1, 0.15) is 5.82 Å². The summed E-state index contributed by atoms with van der Waals surface area (Å²) >= 11 is 6.09. The summed E-state index contributed by atoms with van der Waals surface area (Å²) in [6.07, 6.45) is 31.1. The highest BCUT2D eigenvalue weighted by Gasteiger charge is 2.33. The molecule has 0 saturated heterocycles. The number of benzene rings is 7. The van der Waals surface area contributed by atoms with E-state index in [1.807, 2.05) is 104 Å². The van der Waals surface area contributed by atoms with Crippen molar-refractivity contribution in [3.8, 4) is 90.0 Å². The van der Waals surface area contributed by atoms with Crippen LogP contribution in [0.2, 0.25) is 5.02 Å². The van der Waals surface area contributed by atoms with E-state index in [0.29, 0.717) is 39.1 Å². The van der Waals surface area contributed by atoms with E-state index in [1.165, 1.54) is 18.4 Å². The fraction of sp³-hybridized carbons (Fsp3) is 0.209. The smallest absolute Gasteiger partial charge is 0.224 e. The molecule has 0 bridgehead atoms. The Labute approximate surface area is 454 Å². The van der Waals surface area contributed by atoms with Gasteiger partial charge in [0.15, 0.2) is 9.84 Å². The maximum absolute atomic E-state index is 13.6. The van der Waals surface area contributed by atoms with Crippen LogP contribution >= 0.6 is 11.6 Å². The minimum absolute atomic E-state index is 0.271. The Bertz CT molecular complexity index is 3370. The highest BCUT2D eigenvalue weighted by atomic mass is 35.5. The normalized spacial score (nSPS) is 10.1. The summed E-state index contributed by atoms with van der Waals surface area (Å²) in [4.78, 5) is 0.372. The van der Waals surface area contributed by atoms with Gasteiger partial charge in [-0.3, -0.25) is 0 Å². The minimum atomic E-state index is -4.32. The Morgan fingerprint density at radius 1 is 0.513 bits per heavy atom. The van der Waals surface area contributed by atoms with E-state index in [1.54, 1.807) is 36.4 Å². The third kappa shape index (κ3) is 20.2. The highest BCUT2D eigenvalue weighted by molar-refractivity contribution is 7.90. The molecule has 0 aromatic heterocycles. The zero-order valence-electron chi connectivity index (χ0n) is 43.2. The van der Waals surface area contributed by atoms with Gasteiger partial charge in [-0.05, 0) is 133 Å². The molecule has 0 unspecified atom stereocenters. The van der Waals surface area contributed by atoms with Crippen LogP contribution in [0, 0.1) is 78.9 Å². The maximum Gasteiger partial charge on any atom is 0.416 e. The summed E-state index contributed by atoms with van der Waals surface area (Å²) < 4.78 is 75.0. The van der Waals surface area contributed by atoms with Gasteiger partial charge >= 0.3 is 6.18 Å². The number of aryl methyl sites for hydroxylation is 3. The molecule has 0 aliphatic heterocycles. The van der Waals surface area contributed by atoms with Gasteiger partial charge in [-0.1, -0.05) is 166 Å². The monoisotopic (exact) mass is 1050 g/mol. The van der Waals surface area contributed by atoms with Crippen molar-refractivity contribution in [1.29, 1.82) is 5.26 Å². The Balaban J connectivity index is 0.000000250. The molecule has 0 atom stereocenters. The second kappa shape index (κ2) is 32.2. The van der Waals surface area contributed by atoms with Gasteiger partial charge < -0.3 is 0 Å². The molecule has 0 saturated carbocycles. The van der Waals surface area contributed by atoms with Crippen LogP contribution in [0.5, 0.6) is 0 Å². The minimum Gasteiger partial charge on any atom is -0.224 e.